The topological polar surface area (TPSA) is 117 Å². The number of nitrogens with one attached hydrogen (secondary N) is 1. The van der Waals surface area contributed by atoms with Crippen molar-refractivity contribution in [2.24, 2.45) is 0 Å². The minimum absolute atomic E-state index is 0.276. The zero-order valence-corrected chi connectivity index (χ0v) is 24.0. The minimum atomic E-state index is -3.63. The highest BCUT2D eigenvalue weighted by Gasteiger charge is 2.48. The Bertz CT molecular complexity index is 1320. The molecule has 0 aromatic heterocycles. The standard InChI is InChI=1S/C27H31Cl2N3O5S/c1-5-21(15-38(35,36)27(2,3)4)32-24(17-9-11-19(28)12-10-17)25(18-7-6-8-20(29)13-18)37-22(26(32)34)14-23(33)31-16-30/h6-13,21-22,24-25H,5,14-15H2,1-4H3,(H,31,33). The Balaban J connectivity index is 2.21. The van der Waals surface area contributed by atoms with Crippen LogP contribution in [0, 0.1) is 11.5 Å². The second-order valence-corrected chi connectivity index (χ2v) is 13.8. The van der Waals surface area contributed by atoms with Crippen LogP contribution >= 0.6 is 23.2 Å². The fourth-order valence-corrected chi connectivity index (χ4v) is 6.15. The molecule has 1 aliphatic rings. The van der Waals surface area contributed by atoms with E-state index in [0.29, 0.717) is 27.6 Å². The number of halogens is 2. The van der Waals surface area contributed by atoms with Crippen LogP contribution in [-0.2, 0) is 24.2 Å². The zero-order valence-electron chi connectivity index (χ0n) is 21.6. The molecular weight excluding hydrogens is 549 g/mol. The maximum atomic E-state index is 14.0. The number of nitrogens with zero attached hydrogens (tertiary/aromatic N) is 2. The van der Waals surface area contributed by atoms with E-state index in [1.807, 2.05) is 12.2 Å². The quantitative estimate of drug-likeness (QED) is 0.348. The highest BCUT2D eigenvalue weighted by Crippen LogP contribution is 2.45. The number of benzene rings is 2. The van der Waals surface area contributed by atoms with Crippen molar-refractivity contribution in [1.29, 1.82) is 5.26 Å². The SMILES string of the molecule is CCC(CS(=O)(=O)C(C)(C)C)N1C(=O)C(CC(=O)NC#N)OC(c2cccc(Cl)c2)C1c1ccc(Cl)cc1. The Morgan fingerprint density at radius 1 is 1.13 bits per heavy atom. The molecule has 11 heteroatoms. The third-order valence-electron chi connectivity index (χ3n) is 6.59. The Morgan fingerprint density at radius 2 is 1.79 bits per heavy atom. The highest BCUT2D eigenvalue weighted by molar-refractivity contribution is 7.92. The molecule has 0 aliphatic carbocycles. The maximum Gasteiger partial charge on any atom is 0.253 e. The molecule has 0 radical (unpaired) electrons. The summed E-state index contributed by atoms with van der Waals surface area (Å²) in [6.07, 6.45) is -0.544. The van der Waals surface area contributed by atoms with Crippen molar-refractivity contribution in [1.82, 2.24) is 10.2 Å². The first-order valence-corrected chi connectivity index (χ1v) is 14.6. The molecule has 4 atom stereocenters. The molecule has 1 fully saturated rings. The van der Waals surface area contributed by atoms with Crippen LogP contribution in [0.15, 0.2) is 48.5 Å². The van der Waals surface area contributed by atoms with Gasteiger partial charge in [0.05, 0.1) is 23.0 Å². The van der Waals surface area contributed by atoms with Crippen molar-refractivity contribution in [2.75, 3.05) is 5.75 Å². The lowest BCUT2D eigenvalue weighted by molar-refractivity contribution is -0.180. The molecule has 1 heterocycles. The van der Waals surface area contributed by atoms with Gasteiger partial charge < -0.3 is 9.64 Å². The van der Waals surface area contributed by atoms with Gasteiger partial charge in [0.2, 0.25) is 5.91 Å². The summed E-state index contributed by atoms with van der Waals surface area (Å²) in [5.74, 6) is -1.49. The fraction of sp³-hybridized carbons (Fsp3) is 0.444. The van der Waals surface area contributed by atoms with Gasteiger partial charge in [0, 0.05) is 16.1 Å². The second-order valence-electron chi connectivity index (χ2n) is 10.2. The van der Waals surface area contributed by atoms with Gasteiger partial charge in [0.15, 0.2) is 16.0 Å². The van der Waals surface area contributed by atoms with Gasteiger partial charge in [-0.05, 0) is 62.6 Å². The van der Waals surface area contributed by atoms with E-state index in [9.17, 15) is 18.0 Å². The van der Waals surface area contributed by atoms with E-state index in [1.54, 1.807) is 75.5 Å². The monoisotopic (exact) mass is 579 g/mol. The third kappa shape index (κ3) is 6.67. The number of carbonyl (C=O) groups is 2. The molecular formula is C27H31Cl2N3O5S. The molecule has 0 saturated carbocycles. The summed E-state index contributed by atoms with van der Waals surface area (Å²) in [7, 11) is -3.63. The van der Waals surface area contributed by atoms with E-state index < -0.39 is 57.1 Å². The van der Waals surface area contributed by atoms with E-state index in [1.165, 1.54) is 4.90 Å². The summed E-state index contributed by atoms with van der Waals surface area (Å²) >= 11 is 12.4. The van der Waals surface area contributed by atoms with Gasteiger partial charge in [0.1, 0.15) is 12.2 Å². The average Bonchev–Trinajstić information content (AvgIpc) is 2.83. The number of ether oxygens (including phenoxy) is 1. The molecule has 38 heavy (non-hydrogen) atoms. The molecule has 3 rings (SSSR count). The van der Waals surface area contributed by atoms with E-state index in [4.69, 9.17) is 33.2 Å². The molecule has 2 aromatic carbocycles. The molecule has 2 amide bonds. The molecule has 8 nitrogen and oxygen atoms in total. The van der Waals surface area contributed by atoms with Crippen molar-refractivity contribution in [3.05, 3.63) is 69.7 Å². The van der Waals surface area contributed by atoms with Gasteiger partial charge in [-0.2, -0.15) is 5.26 Å². The predicted octanol–water partition coefficient (Wildman–Crippen LogP) is 4.98. The van der Waals surface area contributed by atoms with E-state index in [-0.39, 0.29) is 5.75 Å². The summed E-state index contributed by atoms with van der Waals surface area (Å²) in [6, 6.07) is 12.4. The van der Waals surface area contributed by atoms with Crippen LogP contribution in [0.25, 0.3) is 0 Å². The van der Waals surface area contributed by atoms with Gasteiger partial charge in [0.25, 0.3) is 5.91 Å². The van der Waals surface area contributed by atoms with Gasteiger partial charge in [-0.1, -0.05) is 54.4 Å². The smallest absolute Gasteiger partial charge is 0.253 e. The van der Waals surface area contributed by atoms with Crippen LogP contribution in [0.4, 0.5) is 0 Å². The Labute approximate surface area is 233 Å². The third-order valence-corrected chi connectivity index (χ3v) is 9.77. The number of hydrogen-bond acceptors (Lipinski definition) is 6. The minimum Gasteiger partial charge on any atom is -0.357 e. The van der Waals surface area contributed by atoms with Gasteiger partial charge >= 0.3 is 0 Å². The number of sulfone groups is 1. The summed E-state index contributed by atoms with van der Waals surface area (Å²) in [4.78, 5) is 27.9. The fourth-order valence-electron chi connectivity index (χ4n) is 4.42. The molecule has 0 bridgehead atoms. The van der Waals surface area contributed by atoms with Crippen molar-refractivity contribution in [2.45, 2.75) is 69.6 Å². The maximum absolute atomic E-state index is 14.0. The summed E-state index contributed by atoms with van der Waals surface area (Å²) < 4.78 is 31.8. The number of amides is 2. The van der Waals surface area contributed by atoms with Gasteiger partial charge in [-0.15, -0.1) is 0 Å². The lowest BCUT2D eigenvalue weighted by atomic mass is 9.89. The van der Waals surface area contributed by atoms with E-state index in [2.05, 4.69) is 0 Å². The Morgan fingerprint density at radius 3 is 2.34 bits per heavy atom. The molecule has 2 aromatic rings. The van der Waals surface area contributed by atoms with Crippen LogP contribution < -0.4 is 5.32 Å². The van der Waals surface area contributed by atoms with Crippen molar-refractivity contribution in [3.8, 4) is 6.19 Å². The van der Waals surface area contributed by atoms with Crippen molar-refractivity contribution in [3.63, 3.8) is 0 Å². The van der Waals surface area contributed by atoms with E-state index in [0.717, 1.165) is 0 Å². The van der Waals surface area contributed by atoms with Crippen molar-refractivity contribution < 1.29 is 22.7 Å². The first-order valence-electron chi connectivity index (χ1n) is 12.2. The second kappa shape index (κ2) is 12.0. The highest BCUT2D eigenvalue weighted by atomic mass is 35.5. The predicted molar refractivity (Wildman–Crippen MR) is 146 cm³/mol. The summed E-state index contributed by atoms with van der Waals surface area (Å²) in [6.45, 7) is 6.68. The number of rotatable bonds is 8. The molecule has 1 saturated heterocycles. The first kappa shape index (κ1) is 29.9. The Hall–Kier alpha value is -2.64. The van der Waals surface area contributed by atoms with Gasteiger partial charge in [-0.3, -0.25) is 14.9 Å². The summed E-state index contributed by atoms with van der Waals surface area (Å²) in [5.41, 5.74) is 1.33. The number of morpholine rings is 1. The normalized spacial score (nSPS) is 21.0. The van der Waals surface area contributed by atoms with Gasteiger partial charge in [-0.25, -0.2) is 8.42 Å². The van der Waals surface area contributed by atoms with Crippen LogP contribution in [-0.4, -0.2) is 47.8 Å². The van der Waals surface area contributed by atoms with Crippen LogP contribution in [0.5, 0.6) is 0 Å². The first-order chi connectivity index (χ1) is 17.8. The number of carbonyl (C=O) groups excluding carboxylic acids is 2. The Kier molecular flexibility index (Phi) is 9.48. The average molecular weight is 581 g/mol. The number of nitriles is 1. The van der Waals surface area contributed by atoms with E-state index >= 15 is 0 Å². The lowest BCUT2D eigenvalue weighted by Gasteiger charge is -2.48. The summed E-state index contributed by atoms with van der Waals surface area (Å²) in [5, 5.41) is 11.9. The number of hydrogen-bond donors (Lipinski definition) is 1. The van der Waals surface area contributed by atoms with Crippen LogP contribution in [0.2, 0.25) is 10.0 Å². The van der Waals surface area contributed by atoms with Crippen LogP contribution in [0.1, 0.15) is 63.8 Å². The molecule has 0 spiro atoms. The molecule has 204 valence electrons. The largest absolute Gasteiger partial charge is 0.357 e. The lowest BCUT2D eigenvalue weighted by Crippen LogP contribution is -2.57. The molecule has 1 N–H and O–H groups in total. The molecule has 4 unspecified atom stereocenters. The zero-order chi connectivity index (χ0) is 28.3. The van der Waals surface area contributed by atoms with Crippen LogP contribution in [0.3, 0.4) is 0 Å². The van der Waals surface area contributed by atoms with Crippen molar-refractivity contribution >= 4 is 44.9 Å². The molecule has 1 aliphatic heterocycles.